The van der Waals surface area contributed by atoms with E-state index in [1.54, 1.807) is 6.20 Å². The van der Waals surface area contributed by atoms with E-state index >= 15 is 0 Å². The molecule has 0 aliphatic carbocycles. The van der Waals surface area contributed by atoms with E-state index in [0.717, 1.165) is 42.6 Å². The largest absolute Gasteiger partial charge is 0.336 e. The van der Waals surface area contributed by atoms with Gasteiger partial charge in [0.05, 0.1) is 5.52 Å². The lowest BCUT2D eigenvalue weighted by molar-refractivity contribution is 0.0664. The Balaban J connectivity index is 1.85. The van der Waals surface area contributed by atoms with Gasteiger partial charge in [0.25, 0.3) is 5.91 Å². The van der Waals surface area contributed by atoms with E-state index in [-0.39, 0.29) is 5.91 Å². The van der Waals surface area contributed by atoms with E-state index in [0.29, 0.717) is 0 Å². The molecule has 3 rings (SSSR count). The van der Waals surface area contributed by atoms with Gasteiger partial charge in [-0.15, -0.1) is 0 Å². The maximum Gasteiger partial charge on any atom is 0.253 e. The van der Waals surface area contributed by atoms with Crippen LogP contribution in [0.25, 0.3) is 10.9 Å². The zero-order valence-corrected chi connectivity index (χ0v) is 11.0. The van der Waals surface area contributed by atoms with Gasteiger partial charge in [0.1, 0.15) is 0 Å². The fraction of sp³-hybridized carbons (Fsp3) is 0.333. The summed E-state index contributed by atoms with van der Waals surface area (Å²) in [5, 5.41) is 1.02. The number of pyridine rings is 1. The van der Waals surface area contributed by atoms with Gasteiger partial charge >= 0.3 is 0 Å². The van der Waals surface area contributed by atoms with Crippen LogP contribution >= 0.6 is 0 Å². The molecule has 0 atom stereocenters. The molecule has 0 N–H and O–H groups in total. The molecule has 0 unspecified atom stereocenters. The second-order valence-electron chi connectivity index (χ2n) is 5.01. The standard InChI is InChI=1S/C15H17N3O/c1-17-7-9-18(10-8-17)15(19)13-4-5-14-12(11-13)3-2-6-16-14/h2-6,11H,7-10H2,1H3. The van der Waals surface area contributed by atoms with Crippen molar-refractivity contribution in [2.24, 2.45) is 0 Å². The van der Waals surface area contributed by atoms with Crippen LogP contribution in [0.15, 0.2) is 36.5 Å². The van der Waals surface area contributed by atoms with Crippen LogP contribution in [-0.4, -0.2) is 53.9 Å². The quantitative estimate of drug-likeness (QED) is 0.777. The molecule has 19 heavy (non-hydrogen) atoms. The minimum Gasteiger partial charge on any atom is -0.336 e. The van der Waals surface area contributed by atoms with Crippen LogP contribution in [0, 0.1) is 0 Å². The summed E-state index contributed by atoms with van der Waals surface area (Å²) in [6.07, 6.45) is 1.77. The first-order chi connectivity index (χ1) is 9.24. The number of carbonyl (C=O) groups is 1. The molecule has 1 aliphatic rings. The maximum atomic E-state index is 12.4. The van der Waals surface area contributed by atoms with Gasteiger partial charge in [-0.25, -0.2) is 0 Å². The molecule has 4 heteroatoms. The predicted octanol–water partition coefficient (Wildman–Crippen LogP) is 1.62. The fourth-order valence-electron chi connectivity index (χ4n) is 2.40. The number of fused-ring (bicyclic) bond motifs is 1. The molecule has 1 aliphatic heterocycles. The summed E-state index contributed by atoms with van der Waals surface area (Å²) < 4.78 is 0. The average molecular weight is 255 g/mol. The summed E-state index contributed by atoms with van der Waals surface area (Å²) in [5.74, 6) is 0.124. The van der Waals surface area contributed by atoms with Crippen LogP contribution in [0.5, 0.6) is 0 Å². The number of aromatic nitrogens is 1. The Morgan fingerprint density at radius 2 is 1.95 bits per heavy atom. The highest BCUT2D eigenvalue weighted by atomic mass is 16.2. The van der Waals surface area contributed by atoms with Crippen molar-refractivity contribution < 1.29 is 4.79 Å². The molecule has 0 saturated carbocycles. The number of carbonyl (C=O) groups excluding carboxylic acids is 1. The van der Waals surface area contributed by atoms with Crippen LogP contribution in [-0.2, 0) is 0 Å². The number of amides is 1. The molecule has 1 aromatic carbocycles. The van der Waals surface area contributed by atoms with Crippen LogP contribution in [0.4, 0.5) is 0 Å². The number of benzene rings is 1. The number of nitrogens with zero attached hydrogens (tertiary/aromatic N) is 3. The van der Waals surface area contributed by atoms with Gasteiger partial charge < -0.3 is 9.80 Å². The second-order valence-corrected chi connectivity index (χ2v) is 5.01. The number of rotatable bonds is 1. The minimum atomic E-state index is 0.124. The highest BCUT2D eigenvalue weighted by Gasteiger charge is 2.20. The van der Waals surface area contributed by atoms with Gasteiger partial charge in [-0.3, -0.25) is 9.78 Å². The Bertz CT molecular complexity index is 603. The summed E-state index contributed by atoms with van der Waals surface area (Å²) in [6, 6.07) is 9.60. The number of likely N-dealkylation sites (N-methyl/N-ethyl adjacent to an activating group) is 1. The molecule has 1 saturated heterocycles. The molecule has 2 heterocycles. The van der Waals surface area contributed by atoms with Crippen LogP contribution in [0.3, 0.4) is 0 Å². The van der Waals surface area contributed by atoms with Crippen molar-refractivity contribution in [3.8, 4) is 0 Å². The molecular formula is C15H17N3O. The zero-order chi connectivity index (χ0) is 13.2. The first-order valence-electron chi connectivity index (χ1n) is 6.57. The summed E-state index contributed by atoms with van der Waals surface area (Å²) in [4.78, 5) is 20.9. The Labute approximate surface area is 112 Å². The van der Waals surface area contributed by atoms with E-state index in [4.69, 9.17) is 0 Å². The second kappa shape index (κ2) is 4.97. The van der Waals surface area contributed by atoms with Crippen molar-refractivity contribution >= 4 is 16.8 Å². The number of piperazine rings is 1. The Morgan fingerprint density at radius 1 is 1.16 bits per heavy atom. The lowest BCUT2D eigenvalue weighted by Crippen LogP contribution is -2.47. The van der Waals surface area contributed by atoms with Crippen molar-refractivity contribution in [3.05, 3.63) is 42.1 Å². The highest BCUT2D eigenvalue weighted by Crippen LogP contribution is 2.15. The third kappa shape index (κ3) is 2.44. The molecule has 0 bridgehead atoms. The lowest BCUT2D eigenvalue weighted by Gasteiger charge is -2.32. The molecule has 1 amide bonds. The van der Waals surface area contributed by atoms with Gasteiger partial charge in [-0.1, -0.05) is 6.07 Å². The zero-order valence-electron chi connectivity index (χ0n) is 11.0. The minimum absolute atomic E-state index is 0.124. The van der Waals surface area contributed by atoms with Gasteiger partial charge in [0.2, 0.25) is 0 Å². The summed E-state index contributed by atoms with van der Waals surface area (Å²) in [5.41, 5.74) is 1.68. The lowest BCUT2D eigenvalue weighted by atomic mass is 10.1. The van der Waals surface area contributed by atoms with E-state index in [9.17, 15) is 4.79 Å². The first kappa shape index (κ1) is 12.1. The van der Waals surface area contributed by atoms with Gasteiger partial charge in [-0.2, -0.15) is 0 Å². The van der Waals surface area contributed by atoms with Crippen LogP contribution in [0.2, 0.25) is 0 Å². The average Bonchev–Trinajstić information content (AvgIpc) is 2.47. The smallest absolute Gasteiger partial charge is 0.253 e. The van der Waals surface area contributed by atoms with Gasteiger partial charge in [0.15, 0.2) is 0 Å². The molecule has 0 radical (unpaired) electrons. The predicted molar refractivity (Wildman–Crippen MR) is 75.1 cm³/mol. The highest BCUT2D eigenvalue weighted by molar-refractivity contribution is 5.98. The molecule has 4 nitrogen and oxygen atoms in total. The van der Waals surface area contributed by atoms with Crippen LogP contribution in [0.1, 0.15) is 10.4 Å². The maximum absolute atomic E-state index is 12.4. The summed E-state index contributed by atoms with van der Waals surface area (Å²) in [6.45, 7) is 3.50. The van der Waals surface area contributed by atoms with Crippen molar-refractivity contribution in [1.82, 2.24) is 14.8 Å². The van der Waals surface area contributed by atoms with Gasteiger partial charge in [-0.05, 0) is 31.3 Å². The summed E-state index contributed by atoms with van der Waals surface area (Å²) >= 11 is 0. The van der Waals surface area contributed by atoms with E-state index in [1.807, 2.05) is 35.2 Å². The van der Waals surface area contributed by atoms with E-state index in [2.05, 4.69) is 16.9 Å². The molecule has 1 aromatic heterocycles. The van der Waals surface area contributed by atoms with Crippen molar-refractivity contribution in [2.75, 3.05) is 33.2 Å². The third-order valence-electron chi connectivity index (χ3n) is 3.64. The summed E-state index contributed by atoms with van der Waals surface area (Å²) in [7, 11) is 2.09. The molecule has 1 fully saturated rings. The van der Waals surface area contributed by atoms with Crippen molar-refractivity contribution in [1.29, 1.82) is 0 Å². The van der Waals surface area contributed by atoms with Crippen molar-refractivity contribution in [3.63, 3.8) is 0 Å². The monoisotopic (exact) mass is 255 g/mol. The Morgan fingerprint density at radius 3 is 2.74 bits per heavy atom. The fourth-order valence-corrected chi connectivity index (χ4v) is 2.40. The third-order valence-corrected chi connectivity index (χ3v) is 3.64. The SMILES string of the molecule is CN1CCN(C(=O)c2ccc3ncccc3c2)CC1. The van der Waals surface area contributed by atoms with Gasteiger partial charge in [0, 0.05) is 43.3 Å². The van der Waals surface area contributed by atoms with Crippen LogP contribution < -0.4 is 0 Å². The molecule has 0 spiro atoms. The normalized spacial score (nSPS) is 16.8. The Hall–Kier alpha value is -1.94. The first-order valence-corrected chi connectivity index (χ1v) is 6.57. The Kier molecular flexibility index (Phi) is 3.17. The molecular weight excluding hydrogens is 238 g/mol. The molecule has 2 aromatic rings. The van der Waals surface area contributed by atoms with E-state index < -0.39 is 0 Å². The van der Waals surface area contributed by atoms with E-state index in [1.165, 1.54) is 0 Å². The topological polar surface area (TPSA) is 36.4 Å². The number of hydrogen-bond donors (Lipinski definition) is 0. The molecule has 98 valence electrons. The van der Waals surface area contributed by atoms with Crippen molar-refractivity contribution in [2.45, 2.75) is 0 Å². The number of hydrogen-bond acceptors (Lipinski definition) is 3.